The van der Waals surface area contributed by atoms with E-state index in [1.165, 1.54) is 30.3 Å². The van der Waals surface area contributed by atoms with Gasteiger partial charge in [0.25, 0.3) is 13.1 Å². The Bertz CT molecular complexity index is 2890. The van der Waals surface area contributed by atoms with Crippen molar-refractivity contribution in [2.45, 2.75) is 31.8 Å². The lowest BCUT2D eigenvalue weighted by Gasteiger charge is -2.07. The number of nitriles is 4. The summed E-state index contributed by atoms with van der Waals surface area (Å²) >= 11 is 0. The van der Waals surface area contributed by atoms with Gasteiger partial charge >= 0.3 is 0 Å². The molecule has 0 fully saturated rings. The summed E-state index contributed by atoms with van der Waals surface area (Å²) in [6, 6.07) is 17.1. The first-order valence-electron chi connectivity index (χ1n) is 15.6. The van der Waals surface area contributed by atoms with Crippen molar-refractivity contribution in [2.75, 3.05) is 0 Å². The smallest absolute Gasteiger partial charge is 0.273 e. The van der Waals surface area contributed by atoms with Crippen molar-refractivity contribution in [1.82, 2.24) is 29.9 Å². The van der Waals surface area contributed by atoms with E-state index in [1.54, 1.807) is 6.07 Å². The molecule has 5 aromatic rings. The van der Waals surface area contributed by atoms with Gasteiger partial charge in [-0.25, -0.2) is 48.0 Å². The first kappa shape index (κ1) is 37.6. The number of fused-ring (bicyclic) bond motifs is 2. The van der Waals surface area contributed by atoms with Crippen LogP contribution in [-0.4, -0.2) is 29.9 Å². The Morgan fingerprint density at radius 2 is 1.18 bits per heavy atom. The van der Waals surface area contributed by atoms with Crippen LogP contribution in [0.15, 0.2) is 52.2 Å². The van der Waals surface area contributed by atoms with Gasteiger partial charge < -0.3 is 14.7 Å². The molecule has 0 bridgehead atoms. The van der Waals surface area contributed by atoms with Gasteiger partial charge in [-0.2, -0.15) is 21.0 Å². The molecular weight excluding hydrogens is 709 g/mol. The standard InChI is InChI=1S/C19H9N9.C19H7N9/c2*1-22-10-18-25-11(4-5-20)6-13(26-18)12(9-21)19-27-16-7-14(23-2)15(24-3)8-17(16)28-19/h6-8,12H,4,10H2,(H,27,28);6-8H,4,10H2. The van der Waals surface area contributed by atoms with Crippen molar-refractivity contribution in [3.63, 3.8) is 0 Å². The number of rotatable bonds is 7. The fraction of sp³-hybridized carbons (Fsp3) is 0.132. The maximum Gasteiger partial charge on any atom is 0.273 e. The molecule has 0 saturated carbocycles. The fourth-order valence-electron chi connectivity index (χ4n) is 5.17. The second-order valence-corrected chi connectivity index (χ2v) is 11.0. The third kappa shape index (κ3) is 7.94. The molecule has 18 heteroatoms. The summed E-state index contributed by atoms with van der Waals surface area (Å²) in [6.07, 6.45) is 0.0350. The Balaban J connectivity index is 0.000000214. The average molecular weight is 725 g/mol. The van der Waals surface area contributed by atoms with E-state index in [0.29, 0.717) is 44.7 Å². The molecule has 1 aliphatic rings. The van der Waals surface area contributed by atoms with Gasteiger partial charge in [0, 0.05) is 0 Å². The van der Waals surface area contributed by atoms with Crippen molar-refractivity contribution >= 4 is 39.4 Å². The van der Waals surface area contributed by atoms with Crippen molar-refractivity contribution in [1.29, 1.82) is 21.0 Å². The van der Waals surface area contributed by atoms with Gasteiger partial charge in [-0.15, -0.1) is 0 Å². The van der Waals surface area contributed by atoms with Crippen LogP contribution in [0.1, 0.15) is 46.2 Å². The molecular formula is C38H16N18. The molecule has 1 aliphatic heterocycles. The lowest BCUT2D eigenvalue weighted by atomic mass is 10.0. The van der Waals surface area contributed by atoms with Gasteiger partial charge in [0.1, 0.15) is 23.4 Å². The summed E-state index contributed by atoms with van der Waals surface area (Å²) in [4.78, 5) is 52.5. The molecule has 18 nitrogen and oxygen atoms in total. The number of allylic oxidation sites excluding steroid dienone is 1. The van der Waals surface area contributed by atoms with Gasteiger partial charge in [0.2, 0.25) is 11.6 Å². The summed E-state index contributed by atoms with van der Waals surface area (Å²) in [5.41, 5.74) is 3.10. The highest BCUT2D eigenvalue weighted by Gasteiger charge is 2.23. The van der Waals surface area contributed by atoms with E-state index in [9.17, 15) is 10.5 Å². The van der Waals surface area contributed by atoms with Crippen molar-refractivity contribution in [3.05, 3.63) is 162 Å². The molecule has 56 heavy (non-hydrogen) atoms. The number of imidazole rings is 1. The molecule has 0 aliphatic carbocycles. The van der Waals surface area contributed by atoms with Crippen LogP contribution >= 0.6 is 0 Å². The molecule has 3 aromatic heterocycles. The van der Waals surface area contributed by atoms with E-state index in [-0.39, 0.29) is 77.4 Å². The normalized spacial score (nSPS) is 10.8. The van der Waals surface area contributed by atoms with Gasteiger partial charge in [0.15, 0.2) is 28.6 Å². The summed E-state index contributed by atoms with van der Waals surface area (Å²) in [7, 11) is 0. The zero-order chi connectivity index (χ0) is 40.2. The molecule has 1 atom stereocenters. The van der Waals surface area contributed by atoms with Crippen LogP contribution < -0.4 is 10.7 Å². The molecule has 1 N–H and O–H groups in total. The summed E-state index contributed by atoms with van der Waals surface area (Å²) in [5.74, 6) is -0.0612. The predicted octanol–water partition coefficient (Wildman–Crippen LogP) is 5.80. The van der Waals surface area contributed by atoms with Gasteiger partial charge in [-0.05, 0) is 36.4 Å². The first-order valence-corrected chi connectivity index (χ1v) is 15.6. The summed E-state index contributed by atoms with van der Waals surface area (Å²) in [6.45, 7) is 42.5. The van der Waals surface area contributed by atoms with E-state index < -0.39 is 5.92 Å². The molecule has 0 radical (unpaired) electrons. The lowest BCUT2D eigenvalue weighted by Crippen LogP contribution is -2.20. The molecule has 258 valence electrons. The molecule has 1 unspecified atom stereocenters. The Morgan fingerprint density at radius 3 is 1.70 bits per heavy atom. The second-order valence-electron chi connectivity index (χ2n) is 11.0. The van der Waals surface area contributed by atoms with Gasteiger partial charge in [0.05, 0.1) is 102 Å². The number of hydrogen-bond donors (Lipinski definition) is 1. The van der Waals surface area contributed by atoms with E-state index in [4.69, 9.17) is 50.0 Å². The number of hydrogen-bond acceptors (Lipinski definition) is 11. The largest absolute Gasteiger partial charge is 0.342 e. The SMILES string of the molecule is [C-]#[N+]Cc1nc(CC#N)cc(C(C#N)=C2N=c3cc([N+]#[C-])c([N+]#[C-])cc3=N2)n1.[C-]#[N+]Cc1nc(CC#N)cc(C(C#N)c2nc3cc([N+]#[C-])c([N+]#[C-])cc3[nH]2)n1. The van der Waals surface area contributed by atoms with Crippen LogP contribution in [-0.2, 0) is 25.9 Å². The number of aromatic nitrogens is 6. The fourth-order valence-corrected chi connectivity index (χ4v) is 5.17. The molecule has 4 heterocycles. The number of aromatic amines is 1. The maximum absolute atomic E-state index is 9.71. The third-order valence-electron chi connectivity index (χ3n) is 7.52. The van der Waals surface area contributed by atoms with E-state index in [0.717, 1.165) is 0 Å². The number of benzene rings is 2. The van der Waals surface area contributed by atoms with Crippen LogP contribution in [0.2, 0.25) is 0 Å². The zero-order valence-electron chi connectivity index (χ0n) is 28.5. The van der Waals surface area contributed by atoms with Crippen LogP contribution in [0.3, 0.4) is 0 Å². The zero-order valence-corrected chi connectivity index (χ0v) is 28.5. The van der Waals surface area contributed by atoms with Gasteiger partial charge in [-0.1, -0.05) is 0 Å². The summed E-state index contributed by atoms with van der Waals surface area (Å²) < 4.78 is 0. The lowest BCUT2D eigenvalue weighted by molar-refractivity contribution is 0.833. The van der Waals surface area contributed by atoms with E-state index in [1.807, 2.05) is 18.2 Å². The first-order chi connectivity index (χ1) is 27.3. The Hall–Kier alpha value is -9.69. The molecule has 6 rings (SSSR count). The van der Waals surface area contributed by atoms with Crippen molar-refractivity contribution < 1.29 is 0 Å². The Morgan fingerprint density at radius 1 is 0.643 bits per heavy atom. The molecule has 0 saturated heterocycles. The molecule has 2 aromatic carbocycles. The monoisotopic (exact) mass is 724 g/mol. The predicted molar refractivity (Wildman–Crippen MR) is 193 cm³/mol. The minimum atomic E-state index is -0.884. The minimum absolute atomic E-state index is 0.00576. The van der Waals surface area contributed by atoms with E-state index >= 15 is 0 Å². The Kier molecular flexibility index (Phi) is 11.4. The Labute approximate surface area is 317 Å². The molecule has 0 spiro atoms. The van der Waals surface area contributed by atoms with Gasteiger partial charge in [-0.3, -0.25) is 19.4 Å². The molecule has 0 amide bonds. The highest BCUT2D eigenvalue weighted by Crippen LogP contribution is 2.34. The van der Waals surface area contributed by atoms with Crippen molar-refractivity contribution in [3.8, 4) is 24.3 Å². The number of nitrogens with zero attached hydrogens (tertiary/aromatic N) is 17. The highest BCUT2D eigenvalue weighted by atomic mass is 15.0. The summed E-state index contributed by atoms with van der Waals surface area (Å²) in [5, 5.41) is 38.0. The van der Waals surface area contributed by atoms with Crippen molar-refractivity contribution in [2.24, 2.45) is 9.98 Å². The van der Waals surface area contributed by atoms with Crippen LogP contribution in [0, 0.1) is 84.8 Å². The minimum Gasteiger partial charge on any atom is -0.342 e. The average Bonchev–Trinajstić information content (AvgIpc) is 3.81. The quantitative estimate of drug-likeness (QED) is 0.158. The number of nitrogens with one attached hydrogen (secondary N) is 1. The van der Waals surface area contributed by atoms with Crippen LogP contribution in [0.5, 0.6) is 0 Å². The van der Waals surface area contributed by atoms with E-state index in [2.05, 4.69) is 75.0 Å². The highest BCUT2D eigenvalue weighted by molar-refractivity contribution is 5.88. The number of H-pyrrole nitrogens is 1. The van der Waals surface area contributed by atoms with Crippen LogP contribution in [0.25, 0.3) is 45.7 Å². The third-order valence-corrected chi connectivity index (χ3v) is 7.52. The second kappa shape index (κ2) is 17.0. The topological polar surface area (TPSA) is 226 Å². The van der Waals surface area contributed by atoms with Crippen LogP contribution in [0.4, 0.5) is 22.7 Å². The maximum atomic E-state index is 9.71.